The summed E-state index contributed by atoms with van der Waals surface area (Å²) in [6.07, 6.45) is 0. The van der Waals surface area contributed by atoms with E-state index in [-0.39, 0.29) is 11.3 Å². The molecule has 0 saturated heterocycles. The van der Waals surface area contributed by atoms with E-state index in [1.165, 1.54) is 7.11 Å². The molecular weight excluding hydrogens is 432 g/mol. The monoisotopic (exact) mass is 458 g/mol. The second-order valence-electron chi connectivity index (χ2n) is 7.38. The zero-order valence-corrected chi connectivity index (χ0v) is 19.3. The molecule has 174 valence electrons. The lowest BCUT2D eigenvalue weighted by Crippen LogP contribution is -2.32. The van der Waals surface area contributed by atoms with Crippen LogP contribution in [0.5, 0.6) is 17.2 Å². The van der Waals surface area contributed by atoms with Crippen LogP contribution in [0.3, 0.4) is 0 Å². The largest absolute Gasteiger partial charge is 0.496 e. The molecule has 0 bridgehead atoms. The molecular formula is C27H26N2O5. The van der Waals surface area contributed by atoms with Gasteiger partial charge in [0.1, 0.15) is 22.9 Å². The van der Waals surface area contributed by atoms with Crippen molar-refractivity contribution in [3.63, 3.8) is 0 Å². The Labute approximate surface area is 198 Å². The normalized spacial score (nSPS) is 13.3. The van der Waals surface area contributed by atoms with Gasteiger partial charge in [-0.1, -0.05) is 30.3 Å². The first kappa shape index (κ1) is 22.9. The zero-order chi connectivity index (χ0) is 24.1. The number of benzene rings is 3. The number of imide groups is 1. The summed E-state index contributed by atoms with van der Waals surface area (Å²) in [5.74, 6) is 0.810. The van der Waals surface area contributed by atoms with Gasteiger partial charge >= 0.3 is 0 Å². The van der Waals surface area contributed by atoms with Gasteiger partial charge in [0.05, 0.1) is 37.3 Å². The molecule has 0 radical (unpaired) electrons. The minimum absolute atomic E-state index is 0.149. The number of carbonyl (C=O) groups excluding carboxylic acids is 2. The Morgan fingerprint density at radius 2 is 1.41 bits per heavy atom. The lowest BCUT2D eigenvalue weighted by molar-refractivity contribution is -0.120. The maximum atomic E-state index is 13.7. The van der Waals surface area contributed by atoms with Crippen molar-refractivity contribution >= 4 is 28.8 Å². The van der Waals surface area contributed by atoms with E-state index in [2.05, 4.69) is 5.32 Å². The molecule has 4 rings (SSSR count). The van der Waals surface area contributed by atoms with Gasteiger partial charge in [-0.3, -0.25) is 9.59 Å². The summed E-state index contributed by atoms with van der Waals surface area (Å²) in [6, 6.07) is 21.3. The van der Waals surface area contributed by atoms with E-state index in [1.807, 2.05) is 32.0 Å². The van der Waals surface area contributed by atoms with Gasteiger partial charge in [0.2, 0.25) is 0 Å². The first-order valence-corrected chi connectivity index (χ1v) is 11.1. The standard InChI is InChI=1S/C27H26N2O5/c1-4-33-19-16-14-18(15-17-19)29-26(30)24(20-10-6-8-12-22(20)32-3)25(27(29)31)28-21-11-7-9-13-23(21)34-5-2/h6-17,28H,4-5H2,1-3H3. The van der Waals surface area contributed by atoms with Gasteiger partial charge in [0.25, 0.3) is 11.8 Å². The van der Waals surface area contributed by atoms with Crippen LogP contribution in [0.1, 0.15) is 19.4 Å². The van der Waals surface area contributed by atoms with Crippen molar-refractivity contribution in [3.05, 3.63) is 84.1 Å². The van der Waals surface area contributed by atoms with Crippen LogP contribution in [0.4, 0.5) is 11.4 Å². The van der Waals surface area contributed by atoms with Crippen LogP contribution in [0, 0.1) is 0 Å². The number of carbonyl (C=O) groups is 2. The fraction of sp³-hybridized carbons (Fsp3) is 0.185. The molecule has 0 saturated carbocycles. The molecule has 3 aromatic carbocycles. The first-order valence-electron chi connectivity index (χ1n) is 11.1. The van der Waals surface area contributed by atoms with Crippen LogP contribution < -0.4 is 24.4 Å². The number of nitrogens with one attached hydrogen (secondary N) is 1. The van der Waals surface area contributed by atoms with Crippen LogP contribution >= 0.6 is 0 Å². The number of nitrogens with zero attached hydrogens (tertiary/aromatic N) is 1. The Hall–Kier alpha value is -4.26. The number of methoxy groups -OCH3 is 1. The number of amides is 2. The minimum Gasteiger partial charge on any atom is -0.496 e. The summed E-state index contributed by atoms with van der Waals surface area (Å²) < 4.78 is 16.7. The summed E-state index contributed by atoms with van der Waals surface area (Å²) in [7, 11) is 1.53. The summed E-state index contributed by atoms with van der Waals surface area (Å²) in [5.41, 5.74) is 1.92. The molecule has 7 nitrogen and oxygen atoms in total. The van der Waals surface area contributed by atoms with Crippen molar-refractivity contribution in [1.29, 1.82) is 0 Å². The molecule has 0 fully saturated rings. The fourth-order valence-electron chi connectivity index (χ4n) is 3.83. The third-order valence-corrected chi connectivity index (χ3v) is 5.31. The number of hydrogen-bond acceptors (Lipinski definition) is 6. The van der Waals surface area contributed by atoms with E-state index in [1.54, 1.807) is 54.6 Å². The topological polar surface area (TPSA) is 77.1 Å². The minimum atomic E-state index is -0.471. The third kappa shape index (κ3) is 4.32. The molecule has 3 aromatic rings. The molecule has 34 heavy (non-hydrogen) atoms. The van der Waals surface area contributed by atoms with E-state index in [0.717, 1.165) is 4.90 Å². The van der Waals surface area contributed by atoms with Crippen molar-refractivity contribution < 1.29 is 23.8 Å². The number of hydrogen-bond donors (Lipinski definition) is 1. The quantitative estimate of drug-likeness (QED) is 0.460. The van der Waals surface area contributed by atoms with Crippen LogP contribution in [0.25, 0.3) is 5.57 Å². The second-order valence-corrected chi connectivity index (χ2v) is 7.38. The molecule has 1 aliphatic heterocycles. The lowest BCUT2D eigenvalue weighted by atomic mass is 10.0. The predicted molar refractivity (Wildman–Crippen MR) is 131 cm³/mol. The van der Waals surface area contributed by atoms with Crippen molar-refractivity contribution in [2.45, 2.75) is 13.8 Å². The molecule has 1 aliphatic rings. The molecule has 0 aliphatic carbocycles. The maximum absolute atomic E-state index is 13.7. The maximum Gasteiger partial charge on any atom is 0.282 e. The molecule has 0 spiro atoms. The summed E-state index contributed by atoms with van der Waals surface area (Å²) in [6.45, 7) is 4.76. The molecule has 0 aromatic heterocycles. The highest BCUT2D eigenvalue weighted by Gasteiger charge is 2.41. The van der Waals surface area contributed by atoms with Gasteiger partial charge < -0.3 is 19.5 Å². The lowest BCUT2D eigenvalue weighted by Gasteiger charge is -2.16. The highest BCUT2D eigenvalue weighted by molar-refractivity contribution is 6.46. The highest BCUT2D eigenvalue weighted by atomic mass is 16.5. The van der Waals surface area contributed by atoms with E-state index in [4.69, 9.17) is 14.2 Å². The summed E-state index contributed by atoms with van der Waals surface area (Å²) >= 11 is 0. The van der Waals surface area contributed by atoms with Gasteiger partial charge in [-0.15, -0.1) is 0 Å². The van der Waals surface area contributed by atoms with Gasteiger partial charge in [-0.2, -0.15) is 0 Å². The molecule has 0 unspecified atom stereocenters. The molecule has 1 N–H and O–H groups in total. The summed E-state index contributed by atoms with van der Waals surface area (Å²) in [4.78, 5) is 28.5. The number of anilines is 2. The molecule has 1 heterocycles. The van der Waals surface area contributed by atoms with Crippen molar-refractivity contribution in [3.8, 4) is 17.2 Å². The third-order valence-electron chi connectivity index (χ3n) is 5.31. The number of para-hydroxylation sites is 3. The Bertz CT molecular complexity index is 1230. The van der Waals surface area contributed by atoms with Gasteiger partial charge in [-0.05, 0) is 56.3 Å². The smallest absolute Gasteiger partial charge is 0.282 e. The molecule has 7 heteroatoms. The van der Waals surface area contributed by atoms with Crippen LogP contribution in [0.15, 0.2) is 78.5 Å². The first-order chi connectivity index (χ1) is 16.6. The van der Waals surface area contributed by atoms with Crippen molar-refractivity contribution in [2.24, 2.45) is 0 Å². The Balaban J connectivity index is 1.82. The van der Waals surface area contributed by atoms with E-state index < -0.39 is 11.8 Å². The van der Waals surface area contributed by atoms with Gasteiger partial charge in [0.15, 0.2) is 0 Å². The van der Waals surface area contributed by atoms with Crippen LogP contribution in [-0.4, -0.2) is 32.1 Å². The molecule has 2 amide bonds. The van der Waals surface area contributed by atoms with E-state index >= 15 is 0 Å². The van der Waals surface area contributed by atoms with E-state index in [9.17, 15) is 9.59 Å². The van der Waals surface area contributed by atoms with Crippen molar-refractivity contribution in [2.75, 3.05) is 30.5 Å². The summed E-state index contributed by atoms with van der Waals surface area (Å²) in [5, 5.41) is 3.17. The van der Waals surface area contributed by atoms with Gasteiger partial charge in [0, 0.05) is 5.56 Å². The van der Waals surface area contributed by atoms with Crippen LogP contribution in [0.2, 0.25) is 0 Å². The zero-order valence-electron chi connectivity index (χ0n) is 19.3. The number of rotatable bonds is 9. The Morgan fingerprint density at radius 3 is 2.09 bits per heavy atom. The Kier molecular flexibility index (Phi) is 6.82. The van der Waals surface area contributed by atoms with E-state index in [0.29, 0.717) is 47.4 Å². The van der Waals surface area contributed by atoms with Crippen molar-refractivity contribution in [1.82, 2.24) is 0 Å². The molecule has 0 atom stereocenters. The number of ether oxygens (including phenoxy) is 3. The average Bonchev–Trinajstić information content (AvgIpc) is 3.10. The van der Waals surface area contributed by atoms with Crippen LogP contribution in [-0.2, 0) is 9.59 Å². The Morgan fingerprint density at radius 1 is 0.765 bits per heavy atom. The predicted octanol–water partition coefficient (Wildman–Crippen LogP) is 4.89. The highest BCUT2D eigenvalue weighted by Crippen LogP contribution is 2.38. The SMILES string of the molecule is CCOc1ccc(N2C(=O)C(Nc3ccccc3OCC)=C(c3ccccc3OC)C2=O)cc1. The second kappa shape index (κ2) is 10.1. The fourth-order valence-corrected chi connectivity index (χ4v) is 3.83. The average molecular weight is 459 g/mol. The van der Waals surface area contributed by atoms with Gasteiger partial charge in [-0.25, -0.2) is 4.90 Å².